The van der Waals surface area contributed by atoms with Crippen LogP contribution in [-0.2, 0) is 15.6 Å². The lowest BCUT2D eigenvalue weighted by molar-refractivity contribution is 0.154. The van der Waals surface area contributed by atoms with Gasteiger partial charge in [-0.1, -0.05) is 0 Å². The number of nitrogens with one attached hydrogen (secondary N) is 2. The molecule has 3 N–H and O–H groups in total. The Morgan fingerprint density at radius 2 is 2.03 bits per heavy atom. The van der Waals surface area contributed by atoms with E-state index in [4.69, 9.17) is 5.10 Å². The van der Waals surface area contributed by atoms with Gasteiger partial charge in [0.25, 0.3) is 0 Å². The Balaban J connectivity index is 1.69. The van der Waals surface area contributed by atoms with Crippen LogP contribution in [0, 0.1) is 17.2 Å². The van der Waals surface area contributed by atoms with Gasteiger partial charge in [0.15, 0.2) is 12.0 Å². The van der Waals surface area contributed by atoms with Crippen LogP contribution in [0.3, 0.4) is 0 Å². The molecule has 0 saturated heterocycles. The van der Waals surface area contributed by atoms with Crippen molar-refractivity contribution in [3.05, 3.63) is 41.7 Å². The molecule has 1 aliphatic heterocycles. The van der Waals surface area contributed by atoms with E-state index in [2.05, 4.69) is 16.7 Å². The van der Waals surface area contributed by atoms with Gasteiger partial charge in [0.1, 0.15) is 0 Å². The van der Waals surface area contributed by atoms with Crippen LogP contribution >= 0.6 is 0 Å². The van der Waals surface area contributed by atoms with Crippen molar-refractivity contribution >= 4 is 27.6 Å². The highest BCUT2D eigenvalue weighted by molar-refractivity contribution is 7.89. The lowest BCUT2D eigenvalue weighted by atomic mass is 9.92. The first-order valence-corrected chi connectivity index (χ1v) is 12.5. The van der Waals surface area contributed by atoms with Crippen molar-refractivity contribution in [1.29, 1.82) is 5.26 Å². The average molecular weight is 471 g/mol. The summed E-state index contributed by atoms with van der Waals surface area (Å²) >= 11 is 0. The maximum Gasteiger partial charge on any atom is 0.243 e. The smallest absolute Gasteiger partial charge is 0.243 e. The van der Waals surface area contributed by atoms with Crippen molar-refractivity contribution in [3.8, 4) is 6.07 Å². The molecule has 1 unspecified atom stereocenters. The fourth-order valence-corrected chi connectivity index (χ4v) is 5.57. The molecule has 10 heteroatoms. The van der Waals surface area contributed by atoms with Crippen molar-refractivity contribution in [1.82, 2.24) is 19.4 Å². The van der Waals surface area contributed by atoms with Gasteiger partial charge < -0.3 is 15.7 Å². The fraction of sp³-hybridized carbons (Fsp3) is 0.478. The minimum absolute atomic E-state index is 0.153. The summed E-state index contributed by atoms with van der Waals surface area (Å²) in [6, 6.07) is 8.61. The van der Waals surface area contributed by atoms with E-state index in [9.17, 15) is 18.8 Å². The summed E-state index contributed by atoms with van der Waals surface area (Å²) in [7, 11) is -2.02. The first-order chi connectivity index (χ1) is 15.6. The van der Waals surface area contributed by atoms with E-state index in [1.807, 2.05) is 31.5 Å². The van der Waals surface area contributed by atoms with E-state index in [0.29, 0.717) is 29.4 Å². The monoisotopic (exact) mass is 470 g/mol. The Hall–Kier alpha value is -2.87. The second-order valence-electron chi connectivity index (χ2n) is 9.19. The number of anilines is 2. The average Bonchev–Trinajstić information content (AvgIpc) is 3.57. The number of aliphatic hydroxyl groups excluding tert-OH is 1. The number of hydrogen-bond donors (Lipinski definition) is 3. The highest BCUT2D eigenvalue weighted by Crippen LogP contribution is 2.48. The largest absolute Gasteiger partial charge is 0.369 e. The zero-order valence-corrected chi connectivity index (χ0v) is 20.1. The van der Waals surface area contributed by atoms with Crippen molar-refractivity contribution in [2.45, 2.75) is 62.7 Å². The number of aliphatic hydroxyl groups is 1. The molecule has 1 aromatic carbocycles. The lowest BCUT2D eigenvalue weighted by Crippen LogP contribution is -2.35. The number of fused-ring (bicyclic) bond motifs is 1. The van der Waals surface area contributed by atoms with E-state index in [-0.39, 0.29) is 10.9 Å². The minimum Gasteiger partial charge on any atom is -0.369 e. The molecule has 0 amide bonds. The molecule has 9 nitrogen and oxygen atoms in total. The Labute approximate surface area is 194 Å². The van der Waals surface area contributed by atoms with E-state index < -0.39 is 21.8 Å². The molecule has 0 spiro atoms. The highest BCUT2D eigenvalue weighted by Gasteiger charge is 2.46. The van der Waals surface area contributed by atoms with Crippen molar-refractivity contribution in [3.63, 3.8) is 0 Å². The molecule has 1 saturated carbocycles. The van der Waals surface area contributed by atoms with Gasteiger partial charge in [0.2, 0.25) is 10.0 Å². The number of sulfonamides is 1. The second-order valence-corrected chi connectivity index (χ2v) is 11.2. The normalized spacial score (nSPS) is 19.6. The summed E-state index contributed by atoms with van der Waals surface area (Å²) in [5, 5.41) is 31.0. The number of hydrogen-bond acceptors (Lipinski definition) is 7. The van der Waals surface area contributed by atoms with Crippen LogP contribution in [0.2, 0.25) is 0 Å². The minimum atomic E-state index is -3.58. The summed E-state index contributed by atoms with van der Waals surface area (Å²) in [5.41, 5.74) is 1.52. The summed E-state index contributed by atoms with van der Waals surface area (Å²) in [4.78, 5) is 0.205. The van der Waals surface area contributed by atoms with Gasteiger partial charge in [-0.3, -0.25) is 4.68 Å². The Kier molecular flexibility index (Phi) is 5.99. The van der Waals surface area contributed by atoms with Crippen molar-refractivity contribution < 1.29 is 13.5 Å². The van der Waals surface area contributed by atoms with Gasteiger partial charge >= 0.3 is 0 Å². The van der Waals surface area contributed by atoms with Crippen LogP contribution in [0.5, 0.6) is 0 Å². The first kappa shape index (κ1) is 23.3. The summed E-state index contributed by atoms with van der Waals surface area (Å²) < 4.78 is 28.7. The van der Waals surface area contributed by atoms with Crippen LogP contribution in [0.25, 0.3) is 6.08 Å². The third-order valence-electron chi connectivity index (χ3n) is 6.63. The molecule has 0 bridgehead atoms. The van der Waals surface area contributed by atoms with E-state index >= 15 is 0 Å². The molecule has 2 heterocycles. The summed E-state index contributed by atoms with van der Waals surface area (Å²) in [5.74, 6) is 0.825. The zero-order valence-electron chi connectivity index (χ0n) is 19.3. The molecule has 1 aromatic heterocycles. The predicted octanol–water partition coefficient (Wildman–Crippen LogP) is 3.26. The molecule has 1 aliphatic carbocycles. The molecular weight excluding hydrogens is 440 g/mol. The molecule has 4 rings (SSSR count). The Morgan fingerprint density at radius 3 is 2.61 bits per heavy atom. The first-order valence-electron chi connectivity index (χ1n) is 11.1. The van der Waals surface area contributed by atoms with Crippen LogP contribution in [0.1, 0.15) is 57.5 Å². The Bertz CT molecular complexity index is 1210. The van der Waals surface area contributed by atoms with Gasteiger partial charge in [0.05, 0.1) is 34.2 Å². The van der Waals surface area contributed by atoms with Crippen LogP contribution in [0.15, 0.2) is 35.4 Å². The zero-order chi connectivity index (χ0) is 24.0. The Morgan fingerprint density at radius 1 is 1.36 bits per heavy atom. The number of aromatic nitrogens is 2. The van der Waals surface area contributed by atoms with Crippen LogP contribution in [-0.4, -0.2) is 40.7 Å². The molecule has 33 heavy (non-hydrogen) atoms. The molecule has 0 radical (unpaired) electrons. The number of nitriles is 1. The quantitative estimate of drug-likeness (QED) is 0.541. The molecule has 2 aliphatic rings. The van der Waals surface area contributed by atoms with Crippen molar-refractivity contribution in [2.75, 3.05) is 12.4 Å². The fourth-order valence-electron chi connectivity index (χ4n) is 4.20. The second kappa shape index (κ2) is 8.48. The molecule has 2 atom stereocenters. The molecular formula is C23H30N6O3S. The maximum atomic E-state index is 12.7. The third-order valence-corrected chi connectivity index (χ3v) is 8.67. The summed E-state index contributed by atoms with van der Waals surface area (Å²) in [6.45, 7) is 5.68. The van der Waals surface area contributed by atoms with Crippen molar-refractivity contribution in [2.24, 2.45) is 5.92 Å². The topological polar surface area (TPSA) is 123 Å². The SMILES string of the molecule is CC(C)N(C)S(=O)(=O)c1ccc(Nc2nn([C@@](C)(CC#N)C3CC3)c3c2C(O)NC=C3)cc1. The predicted molar refractivity (Wildman–Crippen MR) is 126 cm³/mol. The van der Waals surface area contributed by atoms with Gasteiger partial charge in [0, 0.05) is 25.0 Å². The molecule has 1 fully saturated rings. The van der Waals surface area contributed by atoms with Gasteiger partial charge in [-0.15, -0.1) is 0 Å². The number of rotatable bonds is 8. The highest BCUT2D eigenvalue weighted by atomic mass is 32.2. The van der Waals surface area contributed by atoms with Crippen LogP contribution < -0.4 is 10.6 Å². The third kappa shape index (κ3) is 4.12. The molecule has 176 valence electrons. The number of nitrogens with zero attached hydrogens (tertiary/aromatic N) is 4. The maximum absolute atomic E-state index is 12.7. The van der Waals surface area contributed by atoms with Crippen LogP contribution in [0.4, 0.5) is 11.5 Å². The van der Waals surface area contributed by atoms with Gasteiger partial charge in [-0.05, 0) is 69.9 Å². The van der Waals surface area contributed by atoms with Gasteiger partial charge in [-0.2, -0.15) is 14.7 Å². The molecule has 2 aromatic rings. The lowest BCUT2D eigenvalue weighted by Gasteiger charge is -2.30. The van der Waals surface area contributed by atoms with E-state index in [1.165, 1.54) is 4.31 Å². The van der Waals surface area contributed by atoms with E-state index in [1.54, 1.807) is 37.5 Å². The standard InChI is InChI=1S/C23H30N6O3S/c1-15(2)28(4)33(31,32)18-9-7-17(8-10-18)26-21-20-19(11-14-25-22(20)30)29(27-21)23(3,12-13-24)16-5-6-16/h7-11,14-16,22,25,30H,5-6,12H2,1-4H3,(H,26,27)/t22?,23-/m0/s1. The van der Waals surface area contributed by atoms with E-state index in [0.717, 1.165) is 18.5 Å². The summed E-state index contributed by atoms with van der Waals surface area (Å²) in [6.07, 6.45) is 4.99. The van der Waals surface area contributed by atoms with Gasteiger partial charge in [-0.25, -0.2) is 8.42 Å². The number of benzene rings is 1.